The van der Waals surface area contributed by atoms with E-state index in [0.717, 1.165) is 40.2 Å². The second kappa shape index (κ2) is 8.77. The number of nitrogens with two attached hydrogens (primary N) is 1. The average Bonchev–Trinajstić information content (AvgIpc) is 2.68. The average molecular weight is 366 g/mol. The maximum Gasteiger partial charge on any atom is 0.154 e. The molecule has 1 aromatic carbocycles. The zero-order chi connectivity index (χ0) is 18.4. The largest absolute Gasteiger partial charge is 0.493 e. The molecule has 2 N–H and O–H groups in total. The van der Waals surface area contributed by atoms with E-state index in [4.69, 9.17) is 10.5 Å². The molecule has 3 rings (SSSR count). The first-order valence-corrected chi connectivity index (χ1v) is 9.71. The Morgan fingerprint density at radius 1 is 1.23 bits per heavy atom. The summed E-state index contributed by atoms with van der Waals surface area (Å²) < 4.78 is 6.02. The number of rotatable bonds is 1. The minimum Gasteiger partial charge on any atom is -0.493 e. The smallest absolute Gasteiger partial charge is 0.154 e. The molecular formula is C21H23N3OS. The molecule has 1 unspecified atom stereocenters. The van der Waals surface area contributed by atoms with Gasteiger partial charge in [0.2, 0.25) is 0 Å². The zero-order valence-electron chi connectivity index (χ0n) is 15.2. The molecule has 0 spiro atoms. The van der Waals surface area contributed by atoms with Crippen molar-refractivity contribution >= 4 is 16.9 Å². The lowest BCUT2D eigenvalue weighted by atomic mass is 10.0. The highest BCUT2D eigenvalue weighted by atomic mass is 32.2. The summed E-state index contributed by atoms with van der Waals surface area (Å²) in [5, 5.41) is 0.636. The number of hydrogen-bond acceptors (Lipinski definition) is 5. The molecule has 0 saturated heterocycles. The van der Waals surface area contributed by atoms with Gasteiger partial charge >= 0.3 is 0 Å². The van der Waals surface area contributed by atoms with Crippen LogP contribution in [0.4, 0.5) is 0 Å². The molecule has 26 heavy (non-hydrogen) atoms. The Kier molecular flexibility index (Phi) is 6.19. The molecule has 1 aliphatic rings. The molecule has 0 bridgehead atoms. The fourth-order valence-electron chi connectivity index (χ4n) is 2.72. The van der Waals surface area contributed by atoms with Gasteiger partial charge in [0.25, 0.3) is 0 Å². The van der Waals surface area contributed by atoms with Gasteiger partial charge in [0.1, 0.15) is 5.75 Å². The van der Waals surface area contributed by atoms with E-state index in [2.05, 4.69) is 40.9 Å². The number of amidine groups is 1. The molecule has 2 heterocycles. The third-order valence-electron chi connectivity index (χ3n) is 4.19. The van der Waals surface area contributed by atoms with E-state index in [-0.39, 0.29) is 0 Å². The number of nitrogens with zero attached hydrogens (tertiary/aromatic N) is 2. The number of benzene rings is 1. The molecule has 0 aliphatic carbocycles. The number of aromatic nitrogens is 1. The molecule has 134 valence electrons. The molecule has 0 fully saturated rings. The number of thioether (sulfide) groups is 1. The maximum absolute atomic E-state index is 6.04. The SMILES string of the molecule is CC#Cc1cncc(-c2ccc3c(c2)CN=C(N)SCC(C)CCO3)c1. The van der Waals surface area contributed by atoms with Crippen LogP contribution < -0.4 is 10.5 Å². The number of fused-ring (bicyclic) bond motifs is 1. The van der Waals surface area contributed by atoms with Crippen molar-refractivity contribution in [3.05, 3.63) is 47.8 Å². The summed E-state index contributed by atoms with van der Waals surface area (Å²) in [6.07, 6.45) is 4.63. The van der Waals surface area contributed by atoms with Crippen molar-refractivity contribution < 1.29 is 4.74 Å². The summed E-state index contributed by atoms with van der Waals surface area (Å²) in [5.41, 5.74) is 10.1. The van der Waals surface area contributed by atoms with Crippen LogP contribution in [-0.2, 0) is 6.54 Å². The van der Waals surface area contributed by atoms with E-state index in [1.807, 2.05) is 25.3 Å². The van der Waals surface area contributed by atoms with E-state index in [1.54, 1.807) is 18.0 Å². The Labute approximate surface area is 159 Å². The lowest BCUT2D eigenvalue weighted by Gasteiger charge is -2.13. The van der Waals surface area contributed by atoms with Gasteiger partial charge in [-0.1, -0.05) is 30.7 Å². The standard InChI is InChI=1S/C21H23N3OS/c1-3-4-16-9-18(12-23-11-16)17-5-6-20-19(10-17)13-24-21(22)26-14-15(2)7-8-25-20/h5-6,9-12,15H,7-8,13-14H2,1-2H3,(H2,22,24). The topological polar surface area (TPSA) is 60.5 Å². The van der Waals surface area contributed by atoms with Crippen LogP contribution in [0.5, 0.6) is 5.75 Å². The van der Waals surface area contributed by atoms with Crippen LogP contribution >= 0.6 is 11.8 Å². The summed E-state index contributed by atoms with van der Waals surface area (Å²) in [5.74, 6) is 8.35. The predicted molar refractivity (Wildman–Crippen MR) is 109 cm³/mol. The molecule has 1 aliphatic heterocycles. The van der Waals surface area contributed by atoms with Gasteiger partial charge in [-0.25, -0.2) is 0 Å². The molecule has 0 radical (unpaired) electrons. The van der Waals surface area contributed by atoms with E-state index in [1.165, 1.54) is 0 Å². The normalized spacial score (nSPS) is 17.6. The van der Waals surface area contributed by atoms with Gasteiger partial charge in [-0.2, -0.15) is 0 Å². The highest BCUT2D eigenvalue weighted by Crippen LogP contribution is 2.28. The Balaban J connectivity index is 1.94. The van der Waals surface area contributed by atoms with Gasteiger partial charge in [-0.05, 0) is 43.0 Å². The van der Waals surface area contributed by atoms with Crippen molar-refractivity contribution in [1.29, 1.82) is 0 Å². The number of hydrogen-bond donors (Lipinski definition) is 1. The minimum absolute atomic E-state index is 0.512. The Morgan fingerprint density at radius 3 is 2.96 bits per heavy atom. The molecule has 1 aromatic heterocycles. The fraction of sp³-hybridized carbons (Fsp3) is 0.333. The number of aliphatic imine (C=N–C) groups is 1. The van der Waals surface area contributed by atoms with Crippen molar-refractivity contribution in [3.8, 4) is 28.7 Å². The van der Waals surface area contributed by atoms with Crippen LogP contribution in [0.2, 0.25) is 0 Å². The third kappa shape index (κ3) is 4.80. The monoisotopic (exact) mass is 365 g/mol. The van der Waals surface area contributed by atoms with Gasteiger partial charge in [-0.3, -0.25) is 9.98 Å². The molecule has 4 nitrogen and oxygen atoms in total. The van der Waals surface area contributed by atoms with Crippen LogP contribution in [-0.4, -0.2) is 22.5 Å². The van der Waals surface area contributed by atoms with Crippen molar-refractivity contribution in [2.45, 2.75) is 26.8 Å². The highest BCUT2D eigenvalue weighted by Gasteiger charge is 2.11. The van der Waals surface area contributed by atoms with Crippen molar-refractivity contribution in [3.63, 3.8) is 0 Å². The number of pyridine rings is 1. The van der Waals surface area contributed by atoms with Gasteiger partial charge in [0.05, 0.1) is 13.2 Å². The first-order chi connectivity index (χ1) is 12.7. The Morgan fingerprint density at radius 2 is 2.12 bits per heavy atom. The second-order valence-electron chi connectivity index (χ2n) is 6.37. The zero-order valence-corrected chi connectivity index (χ0v) is 16.0. The summed E-state index contributed by atoms with van der Waals surface area (Å²) in [7, 11) is 0. The van der Waals surface area contributed by atoms with Gasteiger partial charge < -0.3 is 10.5 Å². The van der Waals surface area contributed by atoms with Gasteiger partial charge in [-0.15, -0.1) is 5.92 Å². The van der Waals surface area contributed by atoms with E-state index in [9.17, 15) is 0 Å². The van der Waals surface area contributed by atoms with E-state index < -0.39 is 0 Å². The molecular weight excluding hydrogens is 342 g/mol. The van der Waals surface area contributed by atoms with Crippen LogP contribution in [0.15, 0.2) is 41.7 Å². The Bertz CT molecular complexity index is 867. The maximum atomic E-state index is 6.04. The van der Waals surface area contributed by atoms with Gasteiger partial charge in [0, 0.05) is 34.8 Å². The van der Waals surface area contributed by atoms with E-state index >= 15 is 0 Å². The first kappa shape index (κ1) is 18.3. The Hall–Kier alpha value is -2.45. The van der Waals surface area contributed by atoms with Crippen LogP contribution in [0.1, 0.15) is 31.4 Å². The van der Waals surface area contributed by atoms with Crippen LogP contribution in [0.25, 0.3) is 11.1 Å². The summed E-state index contributed by atoms with van der Waals surface area (Å²) >= 11 is 1.62. The van der Waals surface area contributed by atoms with Crippen LogP contribution in [0, 0.1) is 17.8 Å². The van der Waals surface area contributed by atoms with Crippen molar-refractivity contribution in [2.75, 3.05) is 12.4 Å². The highest BCUT2D eigenvalue weighted by molar-refractivity contribution is 8.13. The summed E-state index contributed by atoms with van der Waals surface area (Å²) in [4.78, 5) is 8.82. The summed E-state index contributed by atoms with van der Waals surface area (Å²) in [6.45, 7) is 5.25. The first-order valence-electron chi connectivity index (χ1n) is 8.72. The third-order valence-corrected chi connectivity index (χ3v) is 5.35. The minimum atomic E-state index is 0.512. The molecule has 2 aromatic rings. The fourth-order valence-corrected chi connectivity index (χ4v) is 3.50. The number of ether oxygens (including phenoxy) is 1. The molecule has 0 amide bonds. The molecule has 5 heteroatoms. The van der Waals surface area contributed by atoms with Crippen LogP contribution in [0.3, 0.4) is 0 Å². The molecule has 0 saturated carbocycles. The quantitative estimate of drug-likeness (QED) is 0.774. The predicted octanol–water partition coefficient (Wildman–Crippen LogP) is 4.09. The van der Waals surface area contributed by atoms with Gasteiger partial charge in [0.15, 0.2) is 5.17 Å². The lowest BCUT2D eigenvalue weighted by molar-refractivity contribution is 0.288. The van der Waals surface area contributed by atoms with Crippen molar-refractivity contribution in [2.24, 2.45) is 16.6 Å². The lowest BCUT2D eigenvalue weighted by Crippen LogP contribution is -2.11. The van der Waals surface area contributed by atoms with Crippen molar-refractivity contribution in [1.82, 2.24) is 4.98 Å². The second-order valence-corrected chi connectivity index (χ2v) is 7.41. The summed E-state index contributed by atoms with van der Waals surface area (Å²) in [6, 6.07) is 8.24. The molecule has 1 atom stereocenters. The van der Waals surface area contributed by atoms with E-state index in [0.29, 0.717) is 24.2 Å².